The van der Waals surface area contributed by atoms with Gasteiger partial charge in [-0.05, 0) is 51.1 Å². The average molecular weight is 285 g/mol. The van der Waals surface area contributed by atoms with Crippen molar-refractivity contribution in [2.45, 2.75) is 51.2 Å². The highest BCUT2D eigenvalue weighted by Crippen LogP contribution is 2.37. The number of benzene rings is 1. The fourth-order valence-electron chi connectivity index (χ4n) is 2.91. The fourth-order valence-corrected chi connectivity index (χ4v) is 2.91. The second kappa shape index (κ2) is 6.61. The Morgan fingerprint density at radius 1 is 1.15 bits per heavy atom. The Kier molecular flexibility index (Phi) is 5.08. The third-order valence-electron chi connectivity index (χ3n) is 4.12. The van der Waals surface area contributed by atoms with Gasteiger partial charge in [-0.3, -0.25) is 0 Å². The molecule has 0 unspecified atom stereocenters. The van der Waals surface area contributed by atoms with Gasteiger partial charge in [-0.25, -0.2) is 0 Å². The molecule has 1 aliphatic rings. The van der Waals surface area contributed by atoms with E-state index >= 15 is 0 Å². The molecule has 112 valence electrons. The summed E-state index contributed by atoms with van der Waals surface area (Å²) in [5, 5.41) is 3.39. The maximum absolute atomic E-state index is 12.6. The van der Waals surface area contributed by atoms with E-state index in [0.29, 0.717) is 12.8 Å². The molecule has 0 amide bonds. The van der Waals surface area contributed by atoms with Gasteiger partial charge in [0, 0.05) is 6.04 Å². The van der Waals surface area contributed by atoms with Gasteiger partial charge in [0.15, 0.2) is 0 Å². The SMILES string of the molecule is Cc1cccc(CCNC2CCC(C(F)(F)F)CC2)c1. The van der Waals surface area contributed by atoms with E-state index in [1.54, 1.807) is 0 Å². The molecule has 0 heterocycles. The fraction of sp³-hybridized carbons (Fsp3) is 0.625. The van der Waals surface area contributed by atoms with Crippen LogP contribution in [0.4, 0.5) is 13.2 Å². The Morgan fingerprint density at radius 3 is 2.45 bits per heavy atom. The Balaban J connectivity index is 1.69. The van der Waals surface area contributed by atoms with Crippen LogP contribution in [0.15, 0.2) is 24.3 Å². The zero-order valence-corrected chi connectivity index (χ0v) is 11.8. The normalized spacial score (nSPS) is 23.8. The number of aryl methyl sites for hydroxylation is 1. The summed E-state index contributed by atoms with van der Waals surface area (Å²) in [5.74, 6) is -1.09. The van der Waals surface area contributed by atoms with Crippen LogP contribution < -0.4 is 5.32 Å². The van der Waals surface area contributed by atoms with Gasteiger partial charge in [0.25, 0.3) is 0 Å². The zero-order valence-electron chi connectivity index (χ0n) is 11.8. The second-order valence-corrected chi connectivity index (χ2v) is 5.78. The van der Waals surface area contributed by atoms with Crippen LogP contribution in [-0.4, -0.2) is 18.8 Å². The molecule has 0 bridgehead atoms. The summed E-state index contributed by atoms with van der Waals surface area (Å²) in [6, 6.07) is 8.60. The molecule has 0 saturated heterocycles. The van der Waals surface area contributed by atoms with Gasteiger partial charge in [-0.2, -0.15) is 13.2 Å². The third-order valence-corrected chi connectivity index (χ3v) is 4.12. The van der Waals surface area contributed by atoms with Crippen LogP contribution in [0.2, 0.25) is 0 Å². The van der Waals surface area contributed by atoms with Gasteiger partial charge >= 0.3 is 6.18 Å². The number of nitrogens with one attached hydrogen (secondary N) is 1. The van der Waals surface area contributed by atoms with E-state index in [9.17, 15) is 13.2 Å². The van der Waals surface area contributed by atoms with Crippen molar-refractivity contribution in [3.8, 4) is 0 Å². The summed E-state index contributed by atoms with van der Waals surface area (Å²) >= 11 is 0. The summed E-state index contributed by atoms with van der Waals surface area (Å²) in [6.45, 7) is 2.90. The highest BCUT2D eigenvalue weighted by atomic mass is 19.4. The van der Waals surface area contributed by atoms with Crippen molar-refractivity contribution in [3.63, 3.8) is 0 Å². The minimum absolute atomic E-state index is 0.249. The van der Waals surface area contributed by atoms with Crippen molar-refractivity contribution in [1.29, 1.82) is 0 Å². The lowest BCUT2D eigenvalue weighted by Crippen LogP contribution is -2.37. The lowest BCUT2D eigenvalue weighted by atomic mass is 9.85. The number of hydrogen-bond donors (Lipinski definition) is 1. The van der Waals surface area contributed by atoms with E-state index in [-0.39, 0.29) is 18.9 Å². The van der Waals surface area contributed by atoms with Crippen LogP contribution in [0.5, 0.6) is 0 Å². The monoisotopic (exact) mass is 285 g/mol. The molecule has 1 N–H and O–H groups in total. The van der Waals surface area contributed by atoms with Crippen LogP contribution in [0.1, 0.15) is 36.8 Å². The van der Waals surface area contributed by atoms with Crippen LogP contribution in [-0.2, 0) is 6.42 Å². The van der Waals surface area contributed by atoms with Gasteiger partial charge in [-0.15, -0.1) is 0 Å². The summed E-state index contributed by atoms with van der Waals surface area (Å²) in [4.78, 5) is 0. The van der Waals surface area contributed by atoms with Gasteiger partial charge in [0.2, 0.25) is 0 Å². The summed E-state index contributed by atoms with van der Waals surface area (Å²) in [6.07, 6.45) is -1.26. The molecule has 1 saturated carbocycles. The van der Waals surface area contributed by atoms with E-state index in [0.717, 1.165) is 13.0 Å². The number of rotatable bonds is 4. The topological polar surface area (TPSA) is 12.0 Å². The first-order chi connectivity index (χ1) is 9.45. The van der Waals surface area contributed by atoms with Gasteiger partial charge < -0.3 is 5.32 Å². The van der Waals surface area contributed by atoms with Gasteiger partial charge in [-0.1, -0.05) is 29.8 Å². The van der Waals surface area contributed by atoms with Crippen molar-refractivity contribution >= 4 is 0 Å². The van der Waals surface area contributed by atoms with E-state index in [1.165, 1.54) is 11.1 Å². The molecule has 0 radical (unpaired) electrons. The van der Waals surface area contributed by atoms with Crippen LogP contribution >= 0.6 is 0 Å². The molecule has 0 atom stereocenters. The van der Waals surface area contributed by atoms with Gasteiger partial charge in [0.1, 0.15) is 0 Å². The molecule has 20 heavy (non-hydrogen) atoms. The molecule has 1 fully saturated rings. The maximum Gasteiger partial charge on any atom is 0.391 e. The molecule has 1 nitrogen and oxygen atoms in total. The summed E-state index contributed by atoms with van der Waals surface area (Å²) in [7, 11) is 0. The number of halogens is 3. The lowest BCUT2D eigenvalue weighted by molar-refractivity contribution is -0.182. The minimum Gasteiger partial charge on any atom is -0.314 e. The zero-order chi connectivity index (χ0) is 14.6. The molecule has 0 spiro atoms. The first-order valence-electron chi connectivity index (χ1n) is 7.31. The van der Waals surface area contributed by atoms with Crippen molar-refractivity contribution in [3.05, 3.63) is 35.4 Å². The van der Waals surface area contributed by atoms with E-state index in [1.807, 2.05) is 6.07 Å². The van der Waals surface area contributed by atoms with Crippen LogP contribution in [0.25, 0.3) is 0 Å². The van der Waals surface area contributed by atoms with Gasteiger partial charge in [0.05, 0.1) is 5.92 Å². The number of alkyl halides is 3. The van der Waals surface area contributed by atoms with Crippen molar-refractivity contribution in [1.82, 2.24) is 5.32 Å². The first kappa shape index (κ1) is 15.4. The second-order valence-electron chi connectivity index (χ2n) is 5.78. The van der Waals surface area contributed by atoms with E-state index in [4.69, 9.17) is 0 Å². The molecule has 1 aliphatic carbocycles. The average Bonchev–Trinajstić information content (AvgIpc) is 2.38. The smallest absolute Gasteiger partial charge is 0.314 e. The Labute approximate surface area is 118 Å². The Bertz CT molecular complexity index is 420. The molecule has 1 aromatic rings. The van der Waals surface area contributed by atoms with E-state index < -0.39 is 12.1 Å². The van der Waals surface area contributed by atoms with Crippen LogP contribution in [0.3, 0.4) is 0 Å². The molecule has 2 rings (SSSR count). The predicted molar refractivity (Wildman–Crippen MR) is 74.7 cm³/mol. The molecule has 4 heteroatoms. The predicted octanol–water partition coefficient (Wildman–Crippen LogP) is 4.25. The van der Waals surface area contributed by atoms with Crippen molar-refractivity contribution < 1.29 is 13.2 Å². The highest BCUT2D eigenvalue weighted by molar-refractivity contribution is 5.22. The summed E-state index contributed by atoms with van der Waals surface area (Å²) in [5.41, 5.74) is 2.52. The molecule has 0 aromatic heterocycles. The lowest BCUT2D eigenvalue weighted by Gasteiger charge is -2.30. The first-order valence-corrected chi connectivity index (χ1v) is 7.31. The largest absolute Gasteiger partial charge is 0.391 e. The standard InChI is InChI=1S/C16H22F3N/c1-12-3-2-4-13(11-12)9-10-20-15-7-5-14(6-8-15)16(17,18)19/h2-4,11,14-15,20H,5-10H2,1H3. The third kappa shape index (κ3) is 4.51. The molecular formula is C16H22F3N. The molecule has 1 aromatic carbocycles. The molecule has 0 aliphatic heterocycles. The quantitative estimate of drug-likeness (QED) is 0.872. The summed E-state index contributed by atoms with van der Waals surface area (Å²) < 4.78 is 37.7. The number of hydrogen-bond acceptors (Lipinski definition) is 1. The molecular weight excluding hydrogens is 263 g/mol. The minimum atomic E-state index is -4.01. The van der Waals surface area contributed by atoms with Crippen molar-refractivity contribution in [2.75, 3.05) is 6.54 Å². The Morgan fingerprint density at radius 2 is 1.85 bits per heavy atom. The van der Waals surface area contributed by atoms with Crippen molar-refractivity contribution in [2.24, 2.45) is 5.92 Å². The highest BCUT2D eigenvalue weighted by Gasteiger charge is 2.41. The van der Waals surface area contributed by atoms with Crippen LogP contribution in [0, 0.1) is 12.8 Å². The Hall–Kier alpha value is -1.03. The maximum atomic E-state index is 12.6. The van der Waals surface area contributed by atoms with E-state index in [2.05, 4.69) is 30.4 Å².